The normalized spacial score (nSPS) is 27.9. The third-order valence-electron chi connectivity index (χ3n) is 8.31. The quantitative estimate of drug-likeness (QED) is 0.483. The van der Waals surface area contributed by atoms with Crippen molar-refractivity contribution in [1.82, 2.24) is 14.8 Å². The van der Waals surface area contributed by atoms with E-state index in [2.05, 4.69) is 10.3 Å². The summed E-state index contributed by atoms with van der Waals surface area (Å²) >= 11 is 0. The van der Waals surface area contributed by atoms with Crippen LogP contribution in [0.4, 0.5) is 27.6 Å². The summed E-state index contributed by atoms with van der Waals surface area (Å²) in [5, 5.41) is 2.51. The Bertz CT molecular complexity index is 1340. The number of pyridine rings is 1. The van der Waals surface area contributed by atoms with E-state index in [9.17, 15) is 31.5 Å². The number of amides is 2. The highest BCUT2D eigenvalue weighted by Gasteiger charge is 2.66. The topological polar surface area (TPSA) is 93.2 Å². The molecule has 0 bridgehead atoms. The number of likely N-dealkylation sites (tertiary alicyclic amines) is 1. The van der Waals surface area contributed by atoms with Gasteiger partial charge in [-0.05, 0) is 39.2 Å². The third-order valence-corrected chi connectivity index (χ3v) is 8.31. The molecule has 6 atom stereocenters. The molecule has 2 amide bonds. The van der Waals surface area contributed by atoms with E-state index >= 15 is 0 Å². The summed E-state index contributed by atoms with van der Waals surface area (Å²) in [4.78, 5) is 34.3. The maximum Gasteiger partial charge on any atom is 0.417 e. The van der Waals surface area contributed by atoms with E-state index in [0.29, 0.717) is 13.1 Å². The van der Waals surface area contributed by atoms with Crippen LogP contribution in [0.15, 0.2) is 30.5 Å². The Morgan fingerprint density at radius 1 is 1.17 bits per heavy atom. The fourth-order valence-corrected chi connectivity index (χ4v) is 5.69. The SMILES string of the molecule is COc1c([C@H]2[C@H](C(=O)Nc3ccnc(C(=O)N4CC(N(C)C)[C@H](OC)C4)c3)O[C@@](C)(C(F)(F)F)[C@H]2C)ccc(F)c1F. The predicted molar refractivity (Wildman–Crippen MR) is 141 cm³/mol. The average molecular weight is 601 g/mol. The lowest BCUT2D eigenvalue weighted by Crippen LogP contribution is -2.47. The highest BCUT2D eigenvalue weighted by atomic mass is 19.4. The molecule has 1 unspecified atom stereocenters. The molecule has 1 aromatic heterocycles. The smallest absolute Gasteiger partial charge is 0.417 e. The minimum Gasteiger partial charge on any atom is -0.493 e. The predicted octanol–water partition coefficient (Wildman–Crippen LogP) is 3.85. The first-order valence-corrected chi connectivity index (χ1v) is 13.2. The van der Waals surface area contributed by atoms with Crippen LogP contribution in [0.5, 0.6) is 5.75 Å². The Balaban J connectivity index is 1.63. The number of ether oxygens (including phenoxy) is 3. The van der Waals surface area contributed by atoms with Crippen molar-refractivity contribution in [2.75, 3.05) is 46.7 Å². The van der Waals surface area contributed by atoms with Crippen LogP contribution >= 0.6 is 0 Å². The van der Waals surface area contributed by atoms with Gasteiger partial charge in [0.05, 0.1) is 19.3 Å². The highest BCUT2D eigenvalue weighted by molar-refractivity contribution is 5.98. The van der Waals surface area contributed by atoms with Crippen LogP contribution in [0.25, 0.3) is 0 Å². The number of aromatic nitrogens is 1. The van der Waals surface area contributed by atoms with E-state index in [-0.39, 0.29) is 29.1 Å². The Morgan fingerprint density at radius 3 is 2.43 bits per heavy atom. The lowest BCUT2D eigenvalue weighted by atomic mass is 9.77. The minimum atomic E-state index is -4.90. The molecule has 2 fully saturated rings. The summed E-state index contributed by atoms with van der Waals surface area (Å²) in [5.41, 5.74) is -2.87. The molecule has 42 heavy (non-hydrogen) atoms. The van der Waals surface area contributed by atoms with Gasteiger partial charge < -0.3 is 29.3 Å². The lowest BCUT2D eigenvalue weighted by Gasteiger charge is -2.32. The number of nitrogens with zero attached hydrogens (tertiary/aromatic N) is 3. The highest BCUT2D eigenvalue weighted by Crippen LogP contribution is 2.55. The Kier molecular flexibility index (Phi) is 8.82. The van der Waals surface area contributed by atoms with E-state index in [0.717, 1.165) is 26.2 Å². The van der Waals surface area contributed by atoms with Crippen molar-refractivity contribution in [3.8, 4) is 5.75 Å². The Hall–Kier alpha value is -3.36. The molecule has 2 saturated heterocycles. The molecule has 1 N–H and O–H groups in total. The van der Waals surface area contributed by atoms with Gasteiger partial charge >= 0.3 is 6.18 Å². The molecule has 1 aromatic carbocycles. The van der Waals surface area contributed by atoms with Crippen molar-refractivity contribution < 1.29 is 45.8 Å². The van der Waals surface area contributed by atoms with Gasteiger partial charge in [0, 0.05) is 49.5 Å². The summed E-state index contributed by atoms with van der Waals surface area (Å²) in [6.07, 6.45) is -5.62. The van der Waals surface area contributed by atoms with Gasteiger partial charge in [0.2, 0.25) is 5.82 Å². The monoisotopic (exact) mass is 600 g/mol. The van der Waals surface area contributed by atoms with Gasteiger partial charge in [0.25, 0.3) is 11.8 Å². The number of halogens is 5. The van der Waals surface area contributed by atoms with Gasteiger partial charge in [-0.2, -0.15) is 17.6 Å². The fraction of sp³-hybridized carbons (Fsp3) is 0.536. The molecule has 230 valence electrons. The summed E-state index contributed by atoms with van der Waals surface area (Å²) in [6, 6.07) is 4.47. The van der Waals surface area contributed by atoms with Gasteiger partial charge in [0.15, 0.2) is 17.2 Å². The van der Waals surface area contributed by atoms with Crippen LogP contribution in [0, 0.1) is 17.6 Å². The lowest BCUT2D eigenvalue weighted by molar-refractivity contribution is -0.272. The van der Waals surface area contributed by atoms with Crippen molar-refractivity contribution in [2.45, 2.75) is 49.8 Å². The van der Waals surface area contributed by atoms with Crippen molar-refractivity contribution >= 4 is 17.5 Å². The first-order chi connectivity index (χ1) is 19.6. The molecule has 0 radical (unpaired) electrons. The molecule has 14 heteroatoms. The molecule has 0 spiro atoms. The van der Waals surface area contributed by atoms with Crippen molar-refractivity contribution in [3.05, 3.63) is 53.4 Å². The number of anilines is 1. The number of hydrogen-bond donors (Lipinski definition) is 1. The van der Waals surface area contributed by atoms with Crippen LogP contribution in [-0.2, 0) is 14.3 Å². The summed E-state index contributed by atoms with van der Waals surface area (Å²) in [5.74, 6) is -7.46. The number of nitrogens with one attached hydrogen (secondary N) is 1. The molecule has 2 aromatic rings. The average Bonchev–Trinajstić information content (AvgIpc) is 3.49. The molecule has 0 saturated carbocycles. The van der Waals surface area contributed by atoms with E-state index in [4.69, 9.17) is 14.2 Å². The van der Waals surface area contributed by atoms with Crippen LogP contribution in [0.2, 0.25) is 0 Å². The van der Waals surface area contributed by atoms with Gasteiger partial charge in [-0.1, -0.05) is 13.0 Å². The molecular weight excluding hydrogens is 567 g/mol. The molecule has 4 rings (SSSR count). The number of rotatable bonds is 7. The van der Waals surface area contributed by atoms with Crippen molar-refractivity contribution in [3.63, 3.8) is 0 Å². The van der Waals surface area contributed by atoms with Gasteiger partial charge in [-0.15, -0.1) is 0 Å². The fourth-order valence-electron chi connectivity index (χ4n) is 5.69. The number of benzene rings is 1. The molecule has 3 heterocycles. The number of likely N-dealkylation sites (N-methyl/N-ethyl adjacent to an activating group) is 1. The minimum absolute atomic E-state index is 0.00159. The second-order valence-corrected chi connectivity index (χ2v) is 10.9. The van der Waals surface area contributed by atoms with Crippen LogP contribution in [0.1, 0.15) is 35.8 Å². The first kappa shape index (κ1) is 31.6. The van der Waals surface area contributed by atoms with Crippen molar-refractivity contribution in [2.24, 2.45) is 5.92 Å². The van der Waals surface area contributed by atoms with Crippen molar-refractivity contribution in [1.29, 1.82) is 0 Å². The summed E-state index contributed by atoms with van der Waals surface area (Å²) in [7, 11) is 6.35. The molecule has 0 aliphatic carbocycles. The zero-order chi connectivity index (χ0) is 31.1. The van der Waals surface area contributed by atoms with Crippen LogP contribution < -0.4 is 10.1 Å². The van der Waals surface area contributed by atoms with Gasteiger partial charge in [-0.25, -0.2) is 4.39 Å². The number of carbonyl (C=O) groups excluding carboxylic acids is 2. The maximum absolute atomic E-state index is 14.6. The number of methoxy groups -OCH3 is 2. The maximum atomic E-state index is 14.6. The van der Waals surface area contributed by atoms with Gasteiger partial charge in [0.1, 0.15) is 11.8 Å². The number of alkyl halides is 3. The molecule has 2 aliphatic rings. The first-order valence-electron chi connectivity index (χ1n) is 13.2. The van der Waals surface area contributed by atoms with Gasteiger partial charge in [-0.3, -0.25) is 14.6 Å². The van der Waals surface area contributed by atoms with Crippen LogP contribution in [0.3, 0.4) is 0 Å². The molecular formula is C28H33F5N4O5. The molecule has 9 nitrogen and oxygen atoms in total. The number of hydrogen-bond acceptors (Lipinski definition) is 7. The Labute approximate surface area is 239 Å². The van der Waals surface area contributed by atoms with E-state index in [1.807, 2.05) is 19.0 Å². The zero-order valence-corrected chi connectivity index (χ0v) is 24.0. The third kappa shape index (κ3) is 5.54. The second kappa shape index (κ2) is 11.7. The molecule has 2 aliphatic heterocycles. The second-order valence-electron chi connectivity index (χ2n) is 10.9. The largest absolute Gasteiger partial charge is 0.493 e. The number of carbonyl (C=O) groups is 2. The summed E-state index contributed by atoms with van der Waals surface area (Å²) in [6.45, 7) is 2.72. The van der Waals surface area contributed by atoms with E-state index in [1.165, 1.54) is 25.3 Å². The summed E-state index contributed by atoms with van der Waals surface area (Å²) < 4.78 is 87.1. The van der Waals surface area contributed by atoms with Crippen LogP contribution in [-0.4, -0.2) is 98.0 Å². The van der Waals surface area contributed by atoms with E-state index in [1.54, 1.807) is 12.0 Å². The standard InChI is InChI=1S/C28H33F5N4O5/c1-14-21(16-7-8-17(29)22(30)23(16)41-6)24(42-27(14,2)28(31,32)33)25(38)35-15-9-10-34-18(11-15)26(39)37-12-19(36(3)4)20(13-37)40-5/h7-11,14,19-21,24H,12-13H2,1-6H3,(H,34,35,38)/t14-,19?,20+,21-,24+,27+/m0/s1. The van der Waals surface area contributed by atoms with E-state index < -0.39 is 58.9 Å². The zero-order valence-electron chi connectivity index (χ0n) is 24.0. The Morgan fingerprint density at radius 2 is 1.86 bits per heavy atom.